The molecule has 2 bridgehead atoms. The van der Waals surface area contributed by atoms with Gasteiger partial charge in [-0.15, -0.1) is 0 Å². The van der Waals surface area contributed by atoms with Crippen LogP contribution in [0.25, 0.3) is 0 Å². The van der Waals surface area contributed by atoms with Gasteiger partial charge in [0.05, 0.1) is 23.7 Å². The van der Waals surface area contributed by atoms with E-state index in [0.717, 1.165) is 32.1 Å². The minimum Gasteiger partial charge on any atom is -0.481 e. The second kappa shape index (κ2) is 10.4. The van der Waals surface area contributed by atoms with Crippen LogP contribution in [0.1, 0.15) is 71.1 Å². The highest BCUT2D eigenvalue weighted by atomic mass is 32.2. The molecule has 0 unspecified atom stereocenters. The Morgan fingerprint density at radius 2 is 1.55 bits per heavy atom. The molecule has 6 nitrogen and oxygen atoms in total. The third-order valence-electron chi connectivity index (χ3n) is 6.51. The van der Waals surface area contributed by atoms with Gasteiger partial charge >= 0.3 is 5.97 Å². The van der Waals surface area contributed by atoms with Gasteiger partial charge in [0.1, 0.15) is 12.2 Å². The number of hydrogen-bond acceptors (Lipinski definition) is 5. The molecule has 3 heterocycles. The Kier molecular flexibility index (Phi) is 8.16. The van der Waals surface area contributed by atoms with Crippen molar-refractivity contribution in [2.45, 2.75) is 95.5 Å². The predicted octanol–water partition coefficient (Wildman–Crippen LogP) is 3.74. The summed E-state index contributed by atoms with van der Waals surface area (Å²) in [6, 6.07) is 0. The summed E-state index contributed by atoms with van der Waals surface area (Å²) in [6.45, 7) is 2.18. The van der Waals surface area contributed by atoms with Crippen LogP contribution < -0.4 is 0 Å². The molecular weight excluding hydrogens is 392 g/mol. The van der Waals surface area contributed by atoms with Crippen molar-refractivity contribution in [3.8, 4) is 0 Å². The van der Waals surface area contributed by atoms with Crippen molar-refractivity contribution in [2.24, 2.45) is 11.8 Å². The molecule has 0 saturated carbocycles. The maximum Gasteiger partial charge on any atom is 0.303 e. The zero-order valence-electron chi connectivity index (χ0n) is 17.5. The van der Waals surface area contributed by atoms with Crippen LogP contribution in [0.5, 0.6) is 0 Å². The van der Waals surface area contributed by atoms with Gasteiger partial charge in [-0.05, 0) is 31.6 Å². The Hall–Kier alpha value is -0.920. The molecule has 7 heteroatoms. The first-order valence-corrected chi connectivity index (χ1v) is 13.1. The van der Waals surface area contributed by atoms with Crippen molar-refractivity contribution >= 4 is 15.8 Å². The van der Waals surface area contributed by atoms with Crippen molar-refractivity contribution in [1.82, 2.24) is 0 Å². The molecule has 0 aromatic carbocycles. The molecule has 3 aliphatic rings. The fraction of sp³-hybridized carbons (Fsp3) is 0.864. The van der Waals surface area contributed by atoms with Crippen molar-refractivity contribution in [3.05, 3.63) is 12.2 Å². The second-order valence-electron chi connectivity index (χ2n) is 8.83. The highest BCUT2D eigenvalue weighted by molar-refractivity contribution is 7.91. The van der Waals surface area contributed by atoms with Crippen molar-refractivity contribution in [1.29, 1.82) is 0 Å². The Bertz CT molecular complexity index is 673. The molecule has 3 aliphatic heterocycles. The number of rotatable bonds is 15. The van der Waals surface area contributed by atoms with E-state index in [1.54, 1.807) is 0 Å². The smallest absolute Gasteiger partial charge is 0.303 e. The minimum absolute atomic E-state index is 0.0116. The standard InChI is InChI=1S/C22H36O6S/c1-2-3-4-5-8-11-14-29(25,26)15-17-16(12-9-6-7-10-13-18(23)24)19-21-22(28-21)20(17)27-19/h6,9,16-17,19-22H,2-5,7-8,10-15H2,1H3,(H,23,24)/b9-6-/t16-,17+,19+,20-,21-,22+/m0/s1. The highest BCUT2D eigenvalue weighted by Crippen LogP contribution is 2.55. The number of carboxylic acids is 1. The molecule has 166 valence electrons. The van der Waals surface area contributed by atoms with E-state index >= 15 is 0 Å². The van der Waals surface area contributed by atoms with E-state index < -0.39 is 15.8 Å². The van der Waals surface area contributed by atoms with Gasteiger partial charge in [-0.2, -0.15) is 0 Å². The number of epoxide rings is 1. The molecule has 3 rings (SSSR count). The van der Waals surface area contributed by atoms with Gasteiger partial charge in [-0.25, -0.2) is 8.42 Å². The number of aliphatic carboxylic acids is 1. The summed E-state index contributed by atoms with van der Waals surface area (Å²) in [7, 11) is -3.09. The molecule has 0 aromatic heterocycles. The second-order valence-corrected chi connectivity index (χ2v) is 11.1. The van der Waals surface area contributed by atoms with Gasteiger partial charge in [0.25, 0.3) is 0 Å². The first kappa shape index (κ1) is 22.8. The van der Waals surface area contributed by atoms with Crippen LogP contribution in [0.2, 0.25) is 0 Å². The first-order valence-electron chi connectivity index (χ1n) is 11.3. The summed E-state index contributed by atoms with van der Waals surface area (Å²) >= 11 is 0. The molecule has 1 N–H and O–H groups in total. The summed E-state index contributed by atoms with van der Waals surface area (Å²) in [6.07, 6.45) is 13.1. The summed E-state index contributed by atoms with van der Waals surface area (Å²) in [5, 5.41) is 8.69. The third-order valence-corrected chi connectivity index (χ3v) is 8.31. The molecule has 0 amide bonds. The predicted molar refractivity (Wildman–Crippen MR) is 112 cm³/mol. The van der Waals surface area contributed by atoms with Crippen LogP contribution in [-0.4, -0.2) is 55.4 Å². The van der Waals surface area contributed by atoms with Crippen molar-refractivity contribution < 1.29 is 27.8 Å². The van der Waals surface area contributed by atoms with Crippen LogP contribution >= 0.6 is 0 Å². The molecular formula is C22H36O6S. The normalized spacial score (nSPS) is 32.7. The summed E-state index contributed by atoms with van der Waals surface area (Å²) in [5.74, 6) is -0.101. The maximum atomic E-state index is 12.7. The van der Waals surface area contributed by atoms with Crippen LogP contribution in [0.15, 0.2) is 12.2 Å². The topological polar surface area (TPSA) is 93.2 Å². The van der Waals surface area contributed by atoms with E-state index in [2.05, 4.69) is 13.0 Å². The van der Waals surface area contributed by atoms with Crippen LogP contribution in [-0.2, 0) is 24.1 Å². The highest BCUT2D eigenvalue weighted by Gasteiger charge is 2.68. The van der Waals surface area contributed by atoms with Crippen LogP contribution in [0.3, 0.4) is 0 Å². The van der Waals surface area contributed by atoms with E-state index in [4.69, 9.17) is 14.6 Å². The summed E-state index contributed by atoms with van der Waals surface area (Å²) < 4.78 is 37.2. The van der Waals surface area contributed by atoms with Gasteiger partial charge in [0.2, 0.25) is 0 Å². The fourth-order valence-corrected chi connectivity index (χ4v) is 6.76. The summed E-state index contributed by atoms with van der Waals surface area (Å²) in [4.78, 5) is 10.6. The third kappa shape index (κ3) is 6.28. The quantitative estimate of drug-likeness (QED) is 0.243. The number of unbranched alkanes of at least 4 members (excludes halogenated alkanes) is 6. The van der Waals surface area contributed by atoms with Gasteiger partial charge < -0.3 is 14.6 Å². The van der Waals surface area contributed by atoms with Crippen LogP contribution in [0, 0.1) is 11.8 Å². The van der Waals surface area contributed by atoms with E-state index in [1.165, 1.54) is 19.3 Å². The van der Waals surface area contributed by atoms with Gasteiger partial charge in [0.15, 0.2) is 9.84 Å². The van der Waals surface area contributed by atoms with E-state index in [1.807, 2.05) is 6.08 Å². The number of ether oxygens (including phenoxy) is 2. The number of carboxylic acid groups (broad SMARTS) is 1. The molecule has 0 radical (unpaired) electrons. The molecule has 0 aliphatic carbocycles. The van der Waals surface area contributed by atoms with Crippen molar-refractivity contribution in [2.75, 3.05) is 11.5 Å². The molecule has 3 fully saturated rings. The fourth-order valence-electron chi connectivity index (χ4n) is 4.93. The Labute approximate surface area is 175 Å². The lowest BCUT2D eigenvalue weighted by molar-refractivity contribution is -0.137. The average molecular weight is 429 g/mol. The van der Waals surface area contributed by atoms with E-state index in [0.29, 0.717) is 6.42 Å². The molecule has 29 heavy (non-hydrogen) atoms. The maximum absolute atomic E-state index is 12.7. The molecule has 6 atom stereocenters. The monoisotopic (exact) mass is 428 g/mol. The van der Waals surface area contributed by atoms with Crippen molar-refractivity contribution in [3.63, 3.8) is 0 Å². The number of hydrogen-bond donors (Lipinski definition) is 1. The first-order chi connectivity index (χ1) is 13.9. The number of allylic oxidation sites excluding steroid dienone is 2. The van der Waals surface area contributed by atoms with Gasteiger partial charge in [0, 0.05) is 12.3 Å². The van der Waals surface area contributed by atoms with Crippen LogP contribution in [0.4, 0.5) is 0 Å². The number of sulfone groups is 1. The summed E-state index contributed by atoms with van der Waals surface area (Å²) in [5.41, 5.74) is 0. The zero-order valence-corrected chi connectivity index (χ0v) is 18.3. The molecule has 0 spiro atoms. The lowest BCUT2D eigenvalue weighted by Crippen LogP contribution is -2.37. The Balaban J connectivity index is 1.46. The lowest BCUT2D eigenvalue weighted by atomic mass is 9.78. The number of fused-ring (bicyclic) bond motifs is 5. The van der Waals surface area contributed by atoms with Gasteiger partial charge in [-0.3, -0.25) is 4.79 Å². The zero-order chi connectivity index (χ0) is 20.9. The Morgan fingerprint density at radius 3 is 2.28 bits per heavy atom. The van der Waals surface area contributed by atoms with Gasteiger partial charge in [-0.1, -0.05) is 51.2 Å². The largest absolute Gasteiger partial charge is 0.481 e. The Morgan fingerprint density at radius 1 is 0.897 bits per heavy atom. The lowest BCUT2D eigenvalue weighted by Gasteiger charge is -2.25. The molecule has 0 aromatic rings. The molecule has 3 saturated heterocycles. The number of carbonyl (C=O) groups is 1. The van der Waals surface area contributed by atoms with E-state index in [-0.39, 0.29) is 54.2 Å². The minimum atomic E-state index is -3.09. The average Bonchev–Trinajstić information content (AvgIpc) is 3.29. The SMILES string of the molecule is CCCCCCCCS(=O)(=O)C[C@@H]1[C@H](C/C=C\CCCC(=O)O)[C@H]2O[C@@H]1[C@H]1O[C@H]12. The van der Waals surface area contributed by atoms with E-state index in [9.17, 15) is 13.2 Å².